The number of hydrogen-bond donors (Lipinski definition) is 1. The number of thioether (sulfide) groups is 1. The molecule has 1 fully saturated rings. The summed E-state index contributed by atoms with van der Waals surface area (Å²) < 4.78 is 5.94. The minimum absolute atomic E-state index is 0.0271. The van der Waals surface area contributed by atoms with Crippen molar-refractivity contribution in [3.8, 4) is 0 Å². The van der Waals surface area contributed by atoms with Crippen molar-refractivity contribution in [3.05, 3.63) is 18.5 Å². The lowest BCUT2D eigenvalue weighted by molar-refractivity contribution is -0.0864. The van der Waals surface area contributed by atoms with Crippen LogP contribution in [0.3, 0.4) is 0 Å². The summed E-state index contributed by atoms with van der Waals surface area (Å²) >= 11 is 1.53. The molecule has 1 saturated heterocycles. The molecule has 19 heavy (non-hydrogen) atoms. The molecular formula is C13H21N3O2S. The standard InChI is InChI=1S/C13H21N3O2S/c1-9-11(16(2)3)7-10(8-17)18-12(9)19-13-14-5-4-6-15-13/h4-6,9-12,17H,7-8H2,1-3H3/t9-,10+,11+,12+/m1/s1. The number of rotatable bonds is 4. The van der Waals surface area contributed by atoms with Crippen molar-refractivity contribution in [2.75, 3.05) is 20.7 Å². The number of aromatic nitrogens is 2. The highest BCUT2D eigenvalue weighted by atomic mass is 32.2. The Morgan fingerprint density at radius 2 is 2.11 bits per heavy atom. The maximum atomic E-state index is 9.38. The highest BCUT2D eigenvalue weighted by molar-refractivity contribution is 7.99. The lowest BCUT2D eigenvalue weighted by Crippen LogP contribution is -2.48. The second kappa shape index (κ2) is 6.65. The molecule has 0 radical (unpaired) electrons. The summed E-state index contributed by atoms with van der Waals surface area (Å²) in [6.07, 6.45) is 4.22. The topological polar surface area (TPSA) is 58.5 Å². The van der Waals surface area contributed by atoms with Crippen LogP contribution in [0.4, 0.5) is 0 Å². The van der Waals surface area contributed by atoms with E-state index in [1.807, 2.05) is 0 Å². The van der Waals surface area contributed by atoms with Gasteiger partial charge in [-0.05, 0) is 26.6 Å². The van der Waals surface area contributed by atoms with Gasteiger partial charge in [-0.1, -0.05) is 18.7 Å². The normalized spacial score (nSPS) is 31.6. The minimum Gasteiger partial charge on any atom is -0.394 e. The first kappa shape index (κ1) is 14.7. The number of ether oxygens (including phenoxy) is 1. The van der Waals surface area contributed by atoms with Gasteiger partial charge in [0.15, 0.2) is 5.16 Å². The van der Waals surface area contributed by atoms with E-state index in [2.05, 4.69) is 35.9 Å². The Balaban J connectivity index is 2.09. The quantitative estimate of drug-likeness (QED) is 0.839. The third-order valence-electron chi connectivity index (χ3n) is 3.50. The van der Waals surface area contributed by atoms with Crippen molar-refractivity contribution in [1.82, 2.24) is 14.9 Å². The third-order valence-corrected chi connectivity index (χ3v) is 4.69. The van der Waals surface area contributed by atoms with Gasteiger partial charge >= 0.3 is 0 Å². The second-order valence-corrected chi connectivity index (χ2v) is 6.15. The Bertz CT molecular complexity index is 391. The van der Waals surface area contributed by atoms with E-state index >= 15 is 0 Å². The van der Waals surface area contributed by atoms with Gasteiger partial charge in [-0.15, -0.1) is 0 Å². The molecule has 1 aliphatic rings. The van der Waals surface area contributed by atoms with Gasteiger partial charge in [0.05, 0.1) is 12.7 Å². The lowest BCUT2D eigenvalue weighted by atomic mass is 9.93. The Labute approximate surface area is 118 Å². The van der Waals surface area contributed by atoms with Gasteiger partial charge in [0, 0.05) is 24.4 Å². The van der Waals surface area contributed by atoms with Crippen LogP contribution >= 0.6 is 11.8 Å². The molecule has 0 spiro atoms. The van der Waals surface area contributed by atoms with Gasteiger partial charge in [0.2, 0.25) is 0 Å². The van der Waals surface area contributed by atoms with Crippen LogP contribution in [-0.4, -0.2) is 58.3 Å². The summed E-state index contributed by atoms with van der Waals surface area (Å²) in [6.45, 7) is 2.24. The molecule has 5 nitrogen and oxygen atoms in total. The van der Waals surface area contributed by atoms with Crippen molar-refractivity contribution in [2.45, 2.75) is 36.1 Å². The van der Waals surface area contributed by atoms with E-state index in [-0.39, 0.29) is 18.1 Å². The Morgan fingerprint density at radius 1 is 1.42 bits per heavy atom. The molecule has 0 unspecified atom stereocenters. The fourth-order valence-electron chi connectivity index (χ4n) is 2.42. The van der Waals surface area contributed by atoms with Gasteiger partial charge in [-0.3, -0.25) is 0 Å². The molecule has 2 rings (SSSR count). The monoisotopic (exact) mass is 283 g/mol. The average Bonchev–Trinajstić information content (AvgIpc) is 2.42. The summed E-state index contributed by atoms with van der Waals surface area (Å²) in [5.41, 5.74) is -0.0271. The van der Waals surface area contributed by atoms with Crippen LogP contribution in [0.25, 0.3) is 0 Å². The minimum atomic E-state index is -0.107. The highest BCUT2D eigenvalue weighted by Crippen LogP contribution is 2.36. The van der Waals surface area contributed by atoms with Crippen molar-refractivity contribution in [2.24, 2.45) is 5.92 Å². The first-order valence-corrected chi connectivity index (χ1v) is 7.36. The van der Waals surface area contributed by atoms with E-state index < -0.39 is 0 Å². The van der Waals surface area contributed by atoms with Crippen LogP contribution in [0.2, 0.25) is 0 Å². The molecule has 0 aliphatic carbocycles. The molecule has 106 valence electrons. The van der Waals surface area contributed by atoms with E-state index in [0.717, 1.165) is 11.6 Å². The first-order valence-electron chi connectivity index (χ1n) is 6.48. The van der Waals surface area contributed by atoms with Crippen molar-refractivity contribution in [3.63, 3.8) is 0 Å². The first-order chi connectivity index (χ1) is 9.11. The van der Waals surface area contributed by atoms with E-state index in [1.54, 1.807) is 18.5 Å². The van der Waals surface area contributed by atoms with E-state index in [0.29, 0.717) is 12.0 Å². The SMILES string of the molecule is C[C@H]1[C@H](Sc2ncccn2)O[C@H](CO)C[C@@H]1N(C)C. The average molecular weight is 283 g/mol. The predicted molar refractivity (Wildman–Crippen MR) is 74.9 cm³/mol. The smallest absolute Gasteiger partial charge is 0.190 e. The molecule has 0 bridgehead atoms. The molecule has 1 N–H and O–H groups in total. The largest absolute Gasteiger partial charge is 0.394 e. The van der Waals surface area contributed by atoms with Gasteiger partial charge < -0.3 is 14.7 Å². The van der Waals surface area contributed by atoms with Gasteiger partial charge in [-0.2, -0.15) is 0 Å². The molecule has 0 aromatic carbocycles. The fraction of sp³-hybridized carbons (Fsp3) is 0.692. The number of nitrogens with zero attached hydrogens (tertiary/aromatic N) is 3. The Morgan fingerprint density at radius 3 is 2.68 bits per heavy atom. The highest BCUT2D eigenvalue weighted by Gasteiger charge is 2.37. The maximum absolute atomic E-state index is 9.38. The van der Waals surface area contributed by atoms with Crippen LogP contribution in [0, 0.1) is 5.92 Å². The summed E-state index contributed by atoms with van der Waals surface area (Å²) in [6, 6.07) is 2.20. The van der Waals surface area contributed by atoms with Gasteiger partial charge in [0.1, 0.15) is 5.44 Å². The Hall–Kier alpha value is -0.690. The molecule has 4 atom stereocenters. The van der Waals surface area contributed by atoms with E-state index in [1.165, 1.54) is 11.8 Å². The summed E-state index contributed by atoms with van der Waals surface area (Å²) in [5.74, 6) is 0.353. The summed E-state index contributed by atoms with van der Waals surface area (Å²) in [5, 5.41) is 10.1. The summed E-state index contributed by atoms with van der Waals surface area (Å²) in [4.78, 5) is 10.7. The van der Waals surface area contributed by atoms with Crippen LogP contribution in [-0.2, 0) is 4.74 Å². The fourth-order valence-corrected chi connectivity index (χ4v) is 3.48. The zero-order valence-corrected chi connectivity index (χ0v) is 12.4. The maximum Gasteiger partial charge on any atom is 0.190 e. The molecule has 0 saturated carbocycles. The van der Waals surface area contributed by atoms with Gasteiger partial charge in [-0.25, -0.2) is 9.97 Å². The molecule has 0 amide bonds. The molecular weight excluding hydrogens is 262 g/mol. The van der Waals surface area contributed by atoms with Gasteiger partial charge in [0.25, 0.3) is 0 Å². The van der Waals surface area contributed by atoms with E-state index in [9.17, 15) is 5.11 Å². The van der Waals surface area contributed by atoms with Crippen molar-refractivity contribution >= 4 is 11.8 Å². The number of aliphatic hydroxyl groups is 1. The zero-order valence-electron chi connectivity index (χ0n) is 11.6. The molecule has 2 heterocycles. The predicted octanol–water partition coefficient (Wildman–Crippen LogP) is 1.24. The number of aliphatic hydroxyl groups excluding tert-OH is 1. The molecule has 1 aromatic heterocycles. The molecule has 1 aromatic rings. The Kier molecular flexibility index (Phi) is 5.15. The lowest BCUT2D eigenvalue weighted by Gasteiger charge is -2.42. The van der Waals surface area contributed by atoms with E-state index in [4.69, 9.17) is 4.74 Å². The summed E-state index contributed by atoms with van der Waals surface area (Å²) in [7, 11) is 4.14. The van der Waals surface area contributed by atoms with Crippen molar-refractivity contribution < 1.29 is 9.84 Å². The van der Waals surface area contributed by atoms with Crippen LogP contribution in [0.1, 0.15) is 13.3 Å². The third kappa shape index (κ3) is 3.66. The molecule has 6 heteroatoms. The molecule has 1 aliphatic heterocycles. The van der Waals surface area contributed by atoms with Crippen LogP contribution in [0.15, 0.2) is 23.6 Å². The van der Waals surface area contributed by atoms with Crippen LogP contribution in [0.5, 0.6) is 0 Å². The van der Waals surface area contributed by atoms with Crippen LogP contribution < -0.4 is 0 Å². The van der Waals surface area contributed by atoms with Crippen molar-refractivity contribution in [1.29, 1.82) is 0 Å². The second-order valence-electron chi connectivity index (χ2n) is 5.08. The number of hydrogen-bond acceptors (Lipinski definition) is 6. The zero-order chi connectivity index (χ0) is 13.8.